The van der Waals surface area contributed by atoms with E-state index in [2.05, 4.69) is 5.43 Å². The van der Waals surface area contributed by atoms with E-state index in [0.29, 0.717) is 5.56 Å². The third-order valence-corrected chi connectivity index (χ3v) is 3.39. The fraction of sp³-hybridized carbons (Fsp3) is 0.200. The van der Waals surface area contributed by atoms with Crippen molar-refractivity contribution in [2.75, 3.05) is 5.73 Å². The van der Waals surface area contributed by atoms with Crippen molar-refractivity contribution >= 4 is 5.69 Å². The third-order valence-electron chi connectivity index (χ3n) is 3.39. The molecule has 5 N–H and O–H groups in total. The van der Waals surface area contributed by atoms with Crippen molar-refractivity contribution in [2.24, 2.45) is 5.84 Å². The van der Waals surface area contributed by atoms with Crippen LogP contribution in [0.15, 0.2) is 42.5 Å². The lowest BCUT2D eigenvalue weighted by molar-refractivity contribution is -0.137. The number of hydrogen-bond donors (Lipinski definition) is 3. The molecule has 112 valence electrons. The monoisotopic (exact) mass is 295 g/mol. The summed E-state index contributed by atoms with van der Waals surface area (Å²) in [6, 6.07) is 9.96. The van der Waals surface area contributed by atoms with Gasteiger partial charge < -0.3 is 5.73 Å². The molecule has 0 aliphatic rings. The highest BCUT2D eigenvalue weighted by molar-refractivity contribution is 5.54. The van der Waals surface area contributed by atoms with Gasteiger partial charge in [-0.2, -0.15) is 13.2 Å². The van der Waals surface area contributed by atoms with Crippen LogP contribution in [0.1, 0.15) is 28.3 Å². The van der Waals surface area contributed by atoms with Crippen molar-refractivity contribution in [2.45, 2.75) is 19.1 Å². The molecule has 0 aliphatic heterocycles. The Hall–Kier alpha value is -2.05. The van der Waals surface area contributed by atoms with Gasteiger partial charge in [-0.15, -0.1) is 0 Å². The molecule has 0 saturated heterocycles. The largest absolute Gasteiger partial charge is 0.416 e. The summed E-state index contributed by atoms with van der Waals surface area (Å²) in [4.78, 5) is 0. The number of aryl methyl sites for hydroxylation is 1. The zero-order valence-corrected chi connectivity index (χ0v) is 11.4. The molecule has 0 spiro atoms. The Morgan fingerprint density at radius 3 is 2.29 bits per heavy atom. The number of hydrogen-bond acceptors (Lipinski definition) is 3. The summed E-state index contributed by atoms with van der Waals surface area (Å²) in [6.45, 7) is 1.86. The van der Waals surface area contributed by atoms with Gasteiger partial charge in [0.15, 0.2) is 0 Å². The molecule has 2 aromatic carbocycles. The highest BCUT2D eigenvalue weighted by atomic mass is 19.4. The predicted octanol–water partition coefficient (Wildman–Crippen LogP) is 3.15. The zero-order chi connectivity index (χ0) is 15.6. The topological polar surface area (TPSA) is 64.1 Å². The van der Waals surface area contributed by atoms with E-state index in [4.69, 9.17) is 11.6 Å². The number of rotatable bonds is 3. The second-order valence-electron chi connectivity index (χ2n) is 4.80. The number of nitrogen functional groups attached to an aromatic ring is 1. The minimum Gasteiger partial charge on any atom is -0.398 e. The molecule has 1 unspecified atom stereocenters. The van der Waals surface area contributed by atoms with E-state index in [1.807, 2.05) is 19.1 Å². The second kappa shape index (κ2) is 5.75. The van der Waals surface area contributed by atoms with Crippen LogP contribution < -0.4 is 17.0 Å². The molecular weight excluding hydrogens is 279 g/mol. The summed E-state index contributed by atoms with van der Waals surface area (Å²) in [5, 5.41) is 0. The van der Waals surface area contributed by atoms with Crippen LogP contribution in [0.2, 0.25) is 0 Å². The minimum atomic E-state index is -4.42. The van der Waals surface area contributed by atoms with Crippen molar-refractivity contribution in [1.29, 1.82) is 0 Å². The Kier molecular flexibility index (Phi) is 4.20. The number of anilines is 1. The van der Waals surface area contributed by atoms with E-state index < -0.39 is 17.8 Å². The molecule has 6 heteroatoms. The lowest BCUT2D eigenvalue weighted by Gasteiger charge is -2.22. The maximum atomic E-state index is 12.9. The first-order valence-electron chi connectivity index (χ1n) is 6.33. The van der Waals surface area contributed by atoms with Gasteiger partial charge in [-0.3, -0.25) is 5.84 Å². The van der Waals surface area contributed by atoms with E-state index in [1.54, 1.807) is 12.1 Å². The first-order chi connectivity index (χ1) is 9.84. The fourth-order valence-electron chi connectivity index (χ4n) is 2.26. The van der Waals surface area contributed by atoms with Gasteiger partial charge in [-0.25, -0.2) is 5.43 Å². The van der Waals surface area contributed by atoms with Crippen molar-refractivity contribution in [3.63, 3.8) is 0 Å². The SMILES string of the molecule is Cc1ccccc1C(NN)c1cc(C(F)(F)F)ccc1N. The van der Waals surface area contributed by atoms with Crippen molar-refractivity contribution in [3.05, 3.63) is 64.7 Å². The van der Waals surface area contributed by atoms with Gasteiger partial charge in [0.25, 0.3) is 0 Å². The van der Waals surface area contributed by atoms with E-state index in [9.17, 15) is 13.2 Å². The van der Waals surface area contributed by atoms with Crippen molar-refractivity contribution in [3.8, 4) is 0 Å². The van der Waals surface area contributed by atoms with Gasteiger partial charge >= 0.3 is 6.18 Å². The fourth-order valence-corrected chi connectivity index (χ4v) is 2.26. The summed E-state index contributed by atoms with van der Waals surface area (Å²) in [6.07, 6.45) is -4.42. The second-order valence-corrected chi connectivity index (χ2v) is 4.80. The average molecular weight is 295 g/mol. The first-order valence-corrected chi connectivity index (χ1v) is 6.33. The summed E-state index contributed by atoms with van der Waals surface area (Å²) in [7, 11) is 0. The molecular formula is C15H16F3N3. The normalized spacial score (nSPS) is 13.2. The predicted molar refractivity (Wildman–Crippen MR) is 76.2 cm³/mol. The number of halogens is 3. The lowest BCUT2D eigenvalue weighted by atomic mass is 9.93. The van der Waals surface area contributed by atoms with Gasteiger partial charge in [-0.1, -0.05) is 24.3 Å². The standard InChI is InChI=1S/C15H16F3N3/c1-9-4-2-3-5-11(9)14(21-20)12-8-10(15(16,17)18)6-7-13(12)19/h2-8,14,21H,19-20H2,1H3. The van der Waals surface area contributed by atoms with E-state index >= 15 is 0 Å². The van der Waals surface area contributed by atoms with Gasteiger partial charge in [0.1, 0.15) is 0 Å². The number of hydrazine groups is 1. The van der Waals surface area contributed by atoms with E-state index in [-0.39, 0.29) is 5.69 Å². The van der Waals surface area contributed by atoms with Crippen LogP contribution in [0.5, 0.6) is 0 Å². The lowest BCUT2D eigenvalue weighted by Crippen LogP contribution is -2.30. The number of nitrogens with one attached hydrogen (secondary N) is 1. The molecule has 3 nitrogen and oxygen atoms in total. The van der Waals surface area contributed by atoms with E-state index in [1.165, 1.54) is 6.07 Å². The molecule has 0 bridgehead atoms. The van der Waals surface area contributed by atoms with Crippen LogP contribution in [0.4, 0.5) is 18.9 Å². The summed E-state index contributed by atoms with van der Waals surface area (Å²) >= 11 is 0. The summed E-state index contributed by atoms with van der Waals surface area (Å²) in [5.41, 5.74) is 9.89. The molecule has 21 heavy (non-hydrogen) atoms. The quantitative estimate of drug-likeness (QED) is 0.463. The van der Waals surface area contributed by atoms with Crippen LogP contribution in [0, 0.1) is 6.92 Å². The smallest absolute Gasteiger partial charge is 0.398 e. The van der Waals surface area contributed by atoms with Gasteiger partial charge in [0.05, 0.1) is 11.6 Å². The molecule has 0 saturated carbocycles. The third kappa shape index (κ3) is 3.17. The average Bonchev–Trinajstić information content (AvgIpc) is 2.42. The number of alkyl halides is 3. The molecule has 0 fully saturated rings. The Labute approximate surface area is 120 Å². The Balaban J connectivity index is 2.55. The highest BCUT2D eigenvalue weighted by Gasteiger charge is 2.32. The molecule has 1 atom stereocenters. The van der Waals surface area contributed by atoms with Gasteiger partial charge in [-0.05, 0) is 41.8 Å². The summed E-state index contributed by atoms with van der Waals surface area (Å²) < 4.78 is 38.6. The Morgan fingerprint density at radius 1 is 1.05 bits per heavy atom. The molecule has 2 aromatic rings. The number of benzene rings is 2. The first kappa shape index (κ1) is 15.3. The van der Waals surface area contributed by atoms with E-state index in [0.717, 1.165) is 23.3 Å². The maximum absolute atomic E-state index is 12.9. The Bertz CT molecular complexity index is 638. The molecule has 0 amide bonds. The Morgan fingerprint density at radius 2 is 1.71 bits per heavy atom. The maximum Gasteiger partial charge on any atom is 0.416 e. The van der Waals surface area contributed by atoms with Crippen LogP contribution in [0.25, 0.3) is 0 Å². The van der Waals surface area contributed by atoms with Crippen LogP contribution in [-0.4, -0.2) is 0 Å². The van der Waals surface area contributed by atoms with Crippen LogP contribution in [0.3, 0.4) is 0 Å². The van der Waals surface area contributed by atoms with Crippen LogP contribution >= 0.6 is 0 Å². The zero-order valence-electron chi connectivity index (χ0n) is 11.4. The molecule has 0 radical (unpaired) electrons. The number of nitrogens with two attached hydrogens (primary N) is 2. The molecule has 2 rings (SSSR count). The van der Waals surface area contributed by atoms with Gasteiger partial charge in [0, 0.05) is 5.69 Å². The van der Waals surface area contributed by atoms with Crippen molar-refractivity contribution < 1.29 is 13.2 Å². The van der Waals surface area contributed by atoms with Crippen LogP contribution in [-0.2, 0) is 6.18 Å². The summed E-state index contributed by atoms with van der Waals surface area (Å²) in [5.74, 6) is 5.55. The molecule has 0 aromatic heterocycles. The molecule has 0 aliphatic carbocycles. The minimum absolute atomic E-state index is 0.259. The molecule has 0 heterocycles. The van der Waals surface area contributed by atoms with Crippen molar-refractivity contribution in [1.82, 2.24) is 5.43 Å². The van der Waals surface area contributed by atoms with Gasteiger partial charge in [0.2, 0.25) is 0 Å². The highest BCUT2D eigenvalue weighted by Crippen LogP contribution is 2.35.